The molecule has 1 aliphatic heterocycles. The molecule has 1 saturated carbocycles. The number of likely N-dealkylation sites (tertiary alicyclic amines) is 1. The average molecular weight is 241 g/mol. The van der Waals surface area contributed by atoms with Crippen molar-refractivity contribution in [2.75, 3.05) is 18.8 Å². The zero-order chi connectivity index (χ0) is 11.8. The van der Waals surface area contributed by atoms with Crippen LogP contribution >= 0.6 is 12.6 Å². The Bertz CT molecular complexity index is 274. The highest BCUT2D eigenvalue weighted by Gasteiger charge is 2.44. The molecule has 2 nitrogen and oxygen atoms in total. The van der Waals surface area contributed by atoms with Gasteiger partial charge in [0.1, 0.15) is 0 Å². The van der Waals surface area contributed by atoms with Crippen molar-refractivity contribution >= 4 is 18.5 Å². The van der Waals surface area contributed by atoms with Crippen LogP contribution in [0.5, 0.6) is 0 Å². The molecule has 1 aliphatic carbocycles. The van der Waals surface area contributed by atoms with Crippen molar-refractivity contribution in [2.24, 2.45) is 10.8 Å². The van der Waals surface area contributed by atoms with Gasteiger partial charge in [-0.1, -0.05) is 13.8 Å². The van der Waals surface area contributed by atoms with Crippen molar-refractivity contribution < 1.29 is 4.79 Å². The largest absolute Gasteiger partial charge is 0.343 e. The third kappa shape index (κ3) is 2.73. The van der Waals surface area contributed by atoms with Gasteiger partial charge in [-0.2, -0.15) is 12.6 Å². The van der Waals surface area contributed by atoms with Crippen molar-refractivity contribution in [1.29, 1.82) is 0 Å². The first-order valence-electron chi connectivity index (χ1n) is 6.35. The highest BCUT2D eigenvalue weighted by Crippen LogP contribution is 2.50. The third-order valence-corrected chi connectivity index (χ3v) is 4.96. The lowest BCUT2D eigenvalue weighted by atomic mass is 9.82. The monoisotopic (exact) mass is 241 g/mol. The Morgan fingerprint density at radius 2 is 1.75 bits per heavy atom. The van der Waals surface area contributed by atoms with Crippen LogP contribution in [0.25, 0.3) is 0 Å². The molecule has 2 rings (SSSR count). The Morgan fingerprint density at radius 3 is 2.19 bits per heavy atom. The maximum absolute atomic E-state index is 12.1. The Hall–Kier alpha value is -0.180. The summed E-state index contributed by atoms with van der Waals surface area (Å²) in [5.41, 5.74) is 0.699. The Morgan fingerprint density at radius 1 is 1.19 bits per heavy atom. The van der Waals surface area contributed by atoms with E-state index in [1.807, 2.05) is 0 Å². The molecule has 16 heavy (non-hydrogen) atoms. The van der Waals surface area contributed by atoms with Gasteiger partial charge in [0.15, 0.2) is 0 Å². The average Bonchev–Trinajstić information content (AvgIpc) is 2.98. The molecule has 1 saturated heterocycles. The zero-order valence-electron chi connectivity index (χ0n) is 10.5. The lowest BCUT2D eigenvalue weighted by molar-refractivity contribution is -0.134. The summed E-state index contributed by atoms with van der Waals surface area (Å²) in [6.07, 6.45) is 5.42. The van der Waals surface area contributed by atoms with E-state index in [-0.39, 0.29) is 5.41 Å². The van der Waals surface area contributed by atoms with E-state index in [0.717, 1.165) is 38.1 Å². The number of nitrogens with zero attached hydrogens (tertiary/aromatic N) is 1. The molecular weight excluding hydrogens is 218 g/mol. The van der Waals surface area contributed by atoms with Crippen LogP contribution in [-0.2, 0) is 4.79 Å². The van der Waals surface area contributed by atoms with Crippen LogP contribution in [0.3, 0.4) is 0 Å². The van der Waals surface area contributed by atoms with E-state index in [0.29, 0.717) is 11.3 Å². The maximum atomic E-state index is 12.1. The van der Waals surface area contributed by atoms with E-state index in [1.165, 1.54) is 12.8 Å². The molecule has 0 spiro atoms. The fourth-order valence-corrected chi connectivity index (χ4v) is 2.79. The van der Waals surface area contributed by atoms with E-state index in [4.69, 9.17) is 0 Å². The van der Waals surface area contributed by atoms with Gasteiger partial charge in [-0.15, -0.1) is 0 Å². The topological polar surface area (TPSA) is 20.3 Å². The maximum Gasteiger partial charge on any atom is 0.223 e. The Balaban J connectivity index is 1.83. The van der Waals surface area contributed by atoms with Crippen LogP contribution in [0.15, 0.2) is 0 Å². The lowest BCUT2D eigenvalue weighted by Gasteiger charge is -2.37. The summed E-state index contributed by atoms with van der Waals surface area (Å²) < 4.78 is 0. The fourth-order valence-electron chi connectivity index (χ4n) is 2.36. The van der Waals surface area contributed by atoms with Gasteiger partial charge in [-0.3, -0.25) is 4.79 Å². The van der Waals surface area contributed by atoms with Gasteiger partial charge in [0, 0.05) is 19.5 Å². The molecule has 0 radical (unpaired) electrons. The molecule has 1 heterocycles. The second-order valence-electron chi connectivity index (χ2n) is 6.38. The van der Waals surface area contributed by atoms with Gasteiger partial charge >= 0.3 is 0 Å². The van der Waals surface area contributed by atoms with Crippen molar-refractivity contribution in [3.8, 4) is 0 Å². The second kappa shape index (κ2) is 4.25. The molecule has 0 unspecified atom stereocenters. The van der Waals surface area contributed by atoms with Crippen molar-refractivity contribution in [2.45, 2.75) is 46.0 Å². The predicted octanol–water partition coefficient (Wildman–Crippen LogP) is 2.74. The van der Waals surface area contributed by atoms with Crippen molar-refractivity contribution in [3.63, 3.8) is 0 Å². The summed E-state index contributed by atoms with van der Waals surface area (Å²) >= 11 is 4.36. The van der Waals surface area contributed by atoms with E-state index in [9.17, 15) is 4.79 Å². The molecule has 3 heteroatoms. The van der Waals surface area contributed by atoms with E-state index >= 15 is 0 Å². The first-order valence-corrected chi connectivity index (χ1v) is 6.98. The van der Waals surface area contributed by atoms with Gasteiger partial charge < -0.3 is 4.90 Å². The lowest BCUT2D eigenvalue weighted by Crippen LogP contribution is -2.42. The van der Waals surface area contributed by atoms with Crippen LogP contribution in [0.4, 0.5) is 0 Å². The minimum absolute atomic E-state index is 0.271. The first kappa shape index (κ1) is 12.3. The van der Waals surface area contributed by atoms with E-state index in [1.54, 1.807) is 0 Å². The molecular formula is C13H23NOS. The Kier molecular flexibility index (Phi) is 3.26. The molecule has 2 fully saturated rings. The predicted molar refractivity (Wildman–Crippen MR) is 69.7 cm³/mol. The molecule has 0 bridgehead atoms. The third-order valence-electron chi connectivity index (χ3n) is 4.29. The Labute approximate surface area is 104 Å². The number of rotatable bonds is 3. The summed E-state index contributed by atoms with van der Waals surface area (Å²) in [5, 5.41) is 0. The van der Waals surface area contributed by atoms with Gasteiger partial charge in [-0.25, -0.2) is 0 Å². The molecule has 0 aromatic heterocycles. The van der Waals surface area contributed by atoms with E-state index < -0.39 is 0 Å². The van der Waals surface area contributed by atoms with Crippen LogP contribution in [-0.4, -0.2) is 29.6 Å². The van der Waals surface area contributed by atoms with Crippen LogP contribution < -0.4 is 0 Å². The standard InChI is InChI=1S/C13H23NOS/c1-12(2)5-7-14(8-6-12)11(15)9-13(10-16)3-4-13/h16H,3-10H2,1-2H3. The second-order valence-corrected chi connectivity index (χ2v) is 6.70. The van der Waals surface area contributed by atoms with Crippen molar-refractivity contribution in [3.05, 3.63) is 0 Å². The highest BCUT2D eigenvalue weighted by atomic mass is 32.1. The summed E-state index contributed by atoms with van der Waals surface area (Å²) in [6.45, 7) is 6.50. The zero-order valence-corrected chi connectivity index (χ0v) is 11.4. The quantitative estimate of drug-likeness (QED) is 0.753. The number of thiol groups is 1. The molecule has 2 aliphatic rings. The number of carbonyl (C=O) groups is 1. The van der Waals surface area contributed by atoms with Crippen LogP contribution in [0.1, 0.15) is 46.0 Å². The fraction of sp³-hybridized carbons (Fsp3) is 0.923. The summed E-state index contributed by atoms with van der Waals surface area (Å²) in [4.78, 5) is 14.2. The van der Waals surface area contributed by atoms with Gasteiger partial charge in [-0.05, 0) is 42.3 Å². The van der Waals surface area contributed by atoms with Gasteiger partial charge in [0.05, 0.1) is 0 Å². The number of carbonyl (C=O) groups excluding carboxylic acids is 1. The number of hydrogen-bond acceptors (Lipinski definition) is 2. The minimum Gasteiger partial charge on any atom is -0.343 e. The number of piperidine rings is 1. The molecule has 0 aromatic rings. The summed E-state index contributed by atoms with van der Waals surface area (Å²) in [7, 11) is 0. The first-order chi connectivity index (χ1) is 7.46. The molecule has 0 atom stereocenters. The normalized spacial score (nSPS) is 26.6. The number of amides is 1. The SMILES string of the molecule is CC1(C)CCN(C(=O)CC2(CS)CC2)CC1. The molecule has 92 valence electrons. The minimum atomic E-state index is 0.271. The molecule has 1 amide bonds. The van der Waals surface area contributed by atoms with Crippen LogP contribution in [0, 0.1) is 10.8 Å². The van der Waals surface area contributed by atoms with Gasteiger partial charge in [0.2, 0.25) is 5.91 Å². The summed E-state index contributed by atoms with van der Waals surface area (Å²) in [6, 6.07) is 0. The molecule has 0 N–H and O–H groups in total. The van der Waals surface area contributed by atoms with E-state index in [2.05, 4.69) is 31.4 Å². The molecule has 0 aromatic carbocycles. The summed E-state index contributed by atoms with van der Waals surface area (Å²) in [5.74, 6) is 1.24. The van der Waals surface area contributed by atoms with Gasteiger partial charge in [0.25, 0.3) is 0 Å². The van der Waals surface area contributed by atoms with Crippen LogP contribution in [0.2, 0.25) is 0 Å². The van der Waals surface area contributed by atoms with Crippen molar-refractivity contribution in [1.82, 2.24) is 4.90 Å². The number of hydrogen-bond donors (Lipinski definition) is 1. The highest BCUT2D eigenvalue weighted by molar-refractivity contribution is 7.80. The smallest absolute Gasteiger partial charge is 0.223 e.